The summed E-state index contributed by atoms with van der Waals surface area (Å²) in [4.78, 5) is 11.7. The fraction of sp³-hybridized carbons (Fsp3) is 0.968. The van der Waals surface area contributed by atoms with E-state index >= 15 is 0 Å². The van der Waals surface area contributed by atoms with Gasteiger partial charge in [0.2, 0.25) is 8.32 Å². The normalized spacial score (nSPS) is 26.9. The van der Waals surface area contributed by atoms with Crippen molar-refractivity contribution < 1.29 is 27.9 Å². The standard InChI is InChI=1S/C31H62O6Si2/c1-21(2)39(22(3)4,23(5)6)36-26(17-24(7)19-32)18-25-15-16-27(34-25)29(28-20-33-31(11,12)35-28)37-38(13,14)30(8,9)10/h19,21-29H,15-18,20H2,1-14H3/t24-,25+,26-,27+,28+,29-/m0/s1. The van der Waals surface area contributed by atoms with Crippen molar-refractivity contribution in [2.24, 2.45) is 5.92 Å². The second-order valence-corrected chi connectivity index (χ2v) is 25.4. The number of rotatable bonds is 14. The second-order valence-electron chi connectivity index (χ2n) is 15.2. The van der Waals surface area contributed by atoms with Crippen LogP contribution in [0, 0.1) is 5.92 Å². The number of aldehydes is 1. The van der Waals surface area contributed by atoms with E-state index in [0.29, 0.717) is 23.2 Å². The van der Waals surface area contributed by atoms with E-state index in [1.165, 1.54) is 0 Å². The monoisotopic (exact) mass is 586 g/mol. The Morgan fingerprint density at radius 3 is 1.92 bits per heavy atom. The van der Waals surface area contributed by atoms with Gasteiger partial charge in [-0.1, -0.05) is 69.2 Å². The van der Waals surface area contributed by atoms with Gasteiger partial charge < -0.3 is 27.9 Å². The van der Waals surface area contributed by atoms with Crippen LogP contribution in [0.25, 0.3) is 0 Å². The zero-order valence-electron chi connectivity index (χ0n) is 27.8. The van der Waals surface area contributed by atoms with Gasteiger partial charge in [0, 0.05) is 12.0 Å². The van der Waals surface area contributed by atoms with Crippen molar-refractivity contribution in [1.29, 1.82) is 0 Å². The van der Waals surface area contributed by atoms with E-state index in [1.807, 2.05) is 20.8 Å². The van der Waals surface area contributed by atoms with Gasteiger partial charge in [-0.15, -0.1) is 0 Å². The quantitative estimate of drug-likeness (QED) is 0.151. The van der Waals surface area contributed by atoms with Gasteiger partial charge >= 0.3 is 0 Å². The summed E-state index contributed by atoms with van der Waals surface area (Å²) in [6, 6.07) is 0. The highest BCUT2D eigenvalue weighted by molar-refractivity contribution is 6.77. The molecule has 230 valence electrons. The fourth-order valence-corrected chi connectivity index (χ4v) is 13.5. The number of carbonyl (C=O) groups excluding carboxylic acids is 1. The molecule has 2 heterocycles. The molecule has 0 amide bonds. The SMILES string of the molecule is CC(C)[Si](O[C@H](C[C@H]1CC[C@H]([C@H](O[Si](C)(C)C(C)(C)C)[C@H]2COC(C)(C)O2)O1)C[C@H](C)C=O)(C(C)C)C(C)C. The Labute approximate surface area is 242 Å². The molecule has 2 rings (SSSR count). The van der Waals surface area contributed by atoms with E-state index < -0.39 is 22.4 Å². The van der Waals surface area contributed by atoms with Gasteiger partial charge in [-0.2, -0.15) is 0 Å². The van der Waals surface area contributed by atoms with Gasteiger partial charge in [0.1, 0.15) is 12.4 Å². The zero-order valence-corrected chi connectivity index (χ0v) is 29.8. The number of carbonyl (C=O) groups is 1. The molecule has 2 saturated heterocycles. The van der Waals surface area contributed by atoms with E-state index in [4.69, 9.17) is 23.1 Å². The molecule has 6 nitrogen and oxygen atoms in total. The van der Waals surface area contributed by atoms with Crippen LogP contribution in [0.5, 0.6) is 0 Å². The Balaban J connectivity index is 2.26. The lowest BCUT2D eigenvalue weighted by Crippen LogP contribution is -2.52. The number of ether oxygens (including phenoxy) is 3. The van der Waals surface area contributed by atoms with Gasteiger partial charge in [0.05, 0.1) is 24.9 Å². The third-order valence-corrected chi connectivity index (χ3v) is 20.2. The molecule has 6 atom stereocenters. The van der Waals surface area contributed by atoms with Crippen LogP contribution in [0.3, 0.4) is 0 Å². The molecule has 0 aliphatic carbocycles. The molecule has 2 aliphatic heterocycles. The van der Waals surface area contributed by atoms with Gasteiger partial charge in [0.25, 0.3) is 0 Å². The van der Waals surface area contributed by atoms with E-state index in [2.05, 4.69) is 75.4 Å². The molecule has 0 saturated carbocycles. The molecule has 0 N–H and O–H groups in total. The summed E-state index contributed by atoms with van der Waals surface area (Å²) in [7, 11) is -4.17. The van der Waals surface area contributed by atoms with Crippen LogP contribution in [0.2, 0.25) is 34.8 Å². The fourth-order valence-electron chi connectivity index (χ4n) is 6.59. The summed E-state index contributed by atoms with van der Waals surface area (Å²) < 4.78 is 33.4. The maximum atomic E-state index is 11.7. The Hall–Kier alpha value is -0.0962. The number of hydrogen-bond donors (Lipinski definition) is 0. The van der Waals surface area contributed by atoms with E-state index in [9.17, 15) is 4.79 Å². The molecule has 0 aromatic heterocycles. The van der Waals surface area contributed by atoms with Gasteiger partial charge in [-0.25, -0.2) is 0 Å². The first-order valence-corrected chi connectivity index (χ1v) is 20.6. The lowest BCUT2D eigenvalue weighted by molar-refractivity contribution is -0.161. The Kier molecular flexibility index (Phi) is 12.1. The molecule has 2 aliphatic rings. The summed E-state index contributed by atoms with van der Waals surface area (Å²) in [5.41, 5.74) is 1.48. The van der Waals surface area contributed by atoms with Crippen LogP contribution in [0.4, 0.5) is 0 Å². The van der Waals surface area contributed by atoms with Crippen molar-refractivity contribution in [3.8, 4) is 0 Å². The second kappa shape index (κ2) is 13.5. The summed E-state index contributed by atoms with van der Waals surface area (Å²) in [5, 5.41) is 0.0840. The predicted molar refractivity (Wildman–Crippen MR) is 165 cm³/mol. The Morgan fingerprint density at radius 1 is 0.923 bits per heavy atom. The van der Waals surface area contributed by atoms with Crippen LogP contribution in [-0.2, 0) is 27.9 Å². The highest BCUT2D eigenvalue weighted by Gasteiger charge is 2.50. The molecule has 0 unspecified atom stereocenters. The van der Waals surface area contributed by atoms with E-state index in [-0.39, 0.29) is 41.5 Å². The predicted octanol–water partition coefficient (Wildman–Crippen LogP) is 8.25. The van der Waals surface area contributed by atoms with Crippen molar-refractivity contribution >= 4 is 22.9 Å². The Morgan fingerprint density at radius 2 is 1.49 bits per heavy atom. The third-order valence-electron chi connectivity index (χ3n) is 9.61. The lowest BCUT2D eigenvalue weighted by atomic mass is 9.99. The van der Waals surface area contributed by atoms with Gasteiger partial charge in [0.15, 0.2) is 14.1 Å². The van der Waals surface area contributed by atoms with Crippen molar-refractivity contribution in [3.63, 3.8) is 0 Å². The van der Waals surface area contributed by atoms with Gasteiger partial charge in [-0.05, 0) is 74.3 Å². The average molecular weight is 587 g/mol. The molecule has 2 fully saturated rings. The lowest BCUT2D eigenvalue weighted by Gasteiger charge is -2.45. The maximum absolute atomic E-state index is 11.7. The Bertz CT molecular complexity index is 754. The molecule has 0 aromatic carbocycles. The highest BCUT2D eigenvalue weighted by Crippen LogP contribution is 2.45. The molecule has 8 heteroatoms. The molecule has 0 bridgehead atoms. The zero-order chi connectivity index (χ0) is 30.0. The van der Waals surface area contributed by atoms with Crippen LogP contribution in [0.1, 0.15) is 109 Å². The van der Waals surface area contributed by atoms with Crippen molar-refractivity contribution in [2.45, 2.75) is 180 Å². The molecule has 0 radical (unpaired) electrons. The average Bonchev–Trinajstić information content (AvgIpc) is 3.39. The first kappa shape index (κ1) is 35.1. The molecule has 39 heavy (non-hydrogen) atoms. The van der Waals surface area contributed by atoms with Gasteiger partial charge in [-0.3, -0.25) is 0 Å². The van der Waals surface area contributed by atoms with Crippen molar-refractivity contribution in [1.82, 2.24) is 0 Å². The summed E-state index contributed by atoms with van der Waals surface area (Å²) in [6.07, 6.45) is 4.26. The summed E-state index contributed by atoms with van der Waals surface area (Å²) in [5.74, 6) is -0.647. The summed E-state index contributed by atoms with van der Waals surface area (Å²) >= 11 is 0. The summed E-state index contributed by atoms with van der Waals surface area (Å²) in [6.45, 7) is 31.8. The number of hydrogen-bond acceptors (Lipinski definition) is 6. The third kappa shape index (κ3) is 8.71. The topological polar surface area (TPSA) is 63.2 Å². The minimum Gasteiger partial charge on any atom is -0.413 e. The molecule has 0 aromatic rings. The largest absolute Gasteiger partial charge is 0.413 e. The van der Waals surface area contributed by atoms with E-state index in [1.54, 1.807) is 0 Å². The minimum atomic E-state index is -2.10. The van der Waals surface area contributed by atoms with E-state index in [0.717, 1.165) is 32.0 Å². The van der Waals surface area contributed by atoms with Crippen molar-refractivity contribution in [3.05, 3.63) is 0 Å². The maximum Gasteiger partial charge on any atom is 0.200 e. The van der Waals surface area contributed by atoms with Crippen LogP contribution in [-0.4, -0.2) is 65.8 Å². The highest BCUT2D eigenvalue weighted by atomic mass is 28.4. The smallest absolute Gasteiger partial charge is 0.200 e. The van der Waals surface area contributed by atoms with Crippen LogP contribution >= 0.6 is 0 Å². The van der Waals surface area contributed by atoms with Crippen LogP contribution in [0.15, 0.2) is 0 Å². The molecular weight excluding hydrogens is 525 g/mol. The molecule has 0 spiro atoms. The first-order valence-electron chi connectivity index (χ1n) is 15.5. The minimum absolute atomic E-state index is 0.0116. The first-order chi connectivity index (χ1) is 17.8. The van der Waals surface area contributed by atoms with Crippen LogP contribution < -0.4 is 0 Å². The molecular formula is C31H62O6Si2. The van der Waals surface area contributed by atoms with Crippen molar-refractivity contribution in [2.75, 3.05) is 6.61 Å².